The maximum absolute atomic E-state index is 11.8. The summed E-state index contributed by atoms with van der Waals surface area (Å²) in [5.41, 5.74) is 15.2. The van der Waals surface area contributed by atoms with Gasteiger partial charge < -0.3 is 0 Å². The van der Waals surface area contributed by atoms with Crippen molar-refractivity contribution in [2.45, 2.75) is 121 Å². The van der Waals surface area contributed by atoms with E-state index in [9.17, 15) is 9.59 Å². The summed E-state index contributed by atoms with van der Waals surface area (Å²) in [6.07, 6.45) is 19.8. The van der Waals surface area contributed by atoms with Crippen molar-refractivity contribution in [1.82, 2.24) is 0 Å². The summed E-state index contributed by atoms with van der Waals surface area (Å²) in [7, 11) is 0. The van der Waals surface area contributed by atoms with Gasteiger partial charge >= 0.3 is 0 Å². The molecule has 7 rings (SSSR count). The molecule has 0 atom stereocenters. The molecular weight excluding hydrogens is 645 g/mol. The van der Waals surface area contributed by atoms with Crippen molar-refractivity contribution < 1.29 is 9.59 Å². The van der Waals surface area contributed by atoms with E-state index in [2.05, 4.69) is 99.6 Å². The fourth-order valence-corrected chi connectivity index (χ4v) is 9.87. The second-order valence-corrected chi connectivity index (χ2v) is 15.9. The van der Waals surface area contributed by atoms with Gasteiger partial charge in [-0.15, -0.1) is 0 Å². The highest BCUT2D eigenvalue weighted by Gasteiger charge is 2.49. The molecule has 5 aromatic carbocycles. The molecule has 0 aromatic heterocycles. The molecule has 0 fully saturated rings. The number of rotatable bonds is 18. The van der Waals surface area contributed by atoms with Crippen LogP contribution in [0.2, 0.25) is 0 Å². The smallest absolute Gasteiger partial charge is 0.150 e. The third-order valence-corrected chi connectivity index (χ3v) is 12.6. The number of hydrogen-bond donors (Lipinski definition) is 0. The van der Waals surface area contributed by atoms with Crippen LogP contribution in [0.1, 0.15) is 163 Å². The molecule has 0 saturated heterocycles. The molecule has 0 spiro atoms. The van der Waals surface area contributed by atoms with Gasteiger partial charge in [-0.3, -0.25) is 9.59 Å². The van der Waals surface area contributed by atoms with Crippen LogP contribution in [0.4, 0.5) is 0 Å². The van der Waals surface area contributed by atoms with Gasteiger partial charge in [-0.2, -0.15) is 0 Å². The van der Waals surface area contributed by atoms with Crippen LogP contribution in [0.3, 0.4) is 0 Å². The number of aldehydes is 2. The van der Waals surface area contributed by atoms with Crippen molar-refractivity contribution in [3.05, 3.63) is 153 Å². The molecule has 2 nitrogen and oxygen atoms in total. The highest BCUT2D eigenvalue weighted by Crippen LogP contribution is 2.61. The van der Waals surface area contributed by atoms with E-state index in [-0.39, 0.29) is 5.41 Å². The number of hydrogen-bond acceptors (Lipinski definition) is 2. The molecule has 0 heterocycles. The zero-order valence-electron chi connectivity index (χ0n) is 32.2. The third-order valence-electron chi connectivity index (χ3n) is 12.6. The summed E-state index contributed by atoms with van der Waals surface area (Å²) in [5.74, 6) is 0. The van der Waals surface area contributed by atoms with Gasteiger partial charge in [-0.25, -0.2) is 0 Å². The van der Waals surface area contributed by atoms with E-state index in [1.165, 1.54) is 140 Å². The van der Waals surface area contributed by atoms with Crippen LogP contribution >= 0.6 is 0 Å². The van der Waals surface area contributed by atoms with Crippen molar-refractivity contribution in [3.63, 3.8) is 0 Å². The first-order chi connectivity index (χ1) is 26.0. The fourth-order valence-electron chi connectivity index (χ4n) is 9.87. The molecule has 0 amide bonds. The van der Waals surface area contributed by atoms with Gasteiger partial charge in [0.2, 0.25) is 0 Å². The number of benzene rings is 5. The van der Waals surface area contributed by atoms with Crippen molar-refractivity contribution in [2.75, 3.05) is 0 Å². The van der Waals surface area contributed by atoms with Gasteiger partial charge in [-0.05, 0) is 87.5 Å². The van der Waals surface area contributed by atoms with E-state index in [1.807, 2.05) is 24.3 Å². The molecule has 0 radical (unpaired) electrons. The average Bonchev–Trinajstić information content (AvgIpc) is 3.63. The van der Waals surface area contributed by atoms with E-state index in [0.29, 0.717) is 11.1 Å². The Hall–Kier alpha value is -4.56. The lowest BCUT2D eigenvalue weighted by Gasteiger charge is -2.35. The minimum absolute atomic E-state index is 0.0152. The highest BCUT2D eigenvalue weighted by molar-refractivity contribution is 5.93. The number of fused-ring (bicyclic) bond motifs is 6. The Morgan fingerprint density at radius 1 is 0.453 bits per heavy atom. The van der Waals surface area contributed by atoms with Crippen molar-refractivity contribution in [3.8, 4) is 22.3 Å². The van der Waals surface area contributed by atoms with Crippen molar-refractivity contribution in [1.29, 1.82) is 0 Å². The predicted molar refractivity (Wildman–Crippen MR) is 221 cm³/mol. The van der Waals surface area contributed by atoms with Crippen LogP contribution in [0.25, 0.3) is 22.3 Å². The first-order valence-corrected chi connectivity index (χ1v) is 20.5. The van der Waals surface area contributed by atoms with Crippen LogP contribution in [0.5, 0.6) is 0 Å². The molecule has 53 heavy (non-hydrogen) atoms. The first-order valence-electron chi connectivity index (χ1n) is 20.5. The van der Waals surface area contributed by atoms with E-state index < -0.39 is 5.41 Å². The standard InChI is InChI=1S/C51H56O2/c1-4-6-8-10-12-16-30-50(31-17-13-11-9-7-5-2)47-32-37(3)20-29-43(47)44-34-49-45(33-48(44)50)42-18-14-15-19-46(42)51(49,40-25-21-38(35-52)22-26-40)41-27-23-39(36-53)24-28-41/h14-15,18-29,32-36H,4-13,16-17,30-31H2,1-3H3. The quantitative estimate of drug-likeness (QED) is 0.0661. The molecule has 5 aromatic rings. The van der Waals surface area contributed by atoms with Crippen LogP contribution in [0.15, 0.2) is 103 Å². The lowest BCUT2D eigenvalue weighted by molar-refractivity contribution is 0.111. The first kappa shape index (κ1) is 36.8. The van der Waals surface area contributed by atoms with Gasteiger partial charge in [0.05, 0.1) is 5.41 Å². The summed E-state index contributed by atoms with van der Waals surface area (Å²) in [5, 5.41) is 0. The second-order valence-electron chi connectivity index (χ2n) is 15.9. The lowest BCUT2D eigenvalue weighted by Crippen LogP contribution is -2.29. The molecule has 0 unspecified atom stereocenters. The van der Waals surface area contributed by atoms with Crippen LogP contribution < -0.4 is 0 Å². The Kier molecular flexibility index (Phi) is 11.3. The van der Waals surface area contributed by atoms with E-state index in [0.717, 1.165) is 23.7 Å². The van der Waals surface area contributed by atoms with E-state index in [1.54, 1.807) is 0 Å². The third kappa shape index (κ3) is 6.64. The van der Waals surface area contributed by atoms with Crippen molar-refractivity contribution >= 4 is 12.6 Å². The van der Waals surface area contributed by atoms with Crippen molar-refractivity contribution in [2.24, 2.45) is 0 Å². The van der Waals surface area contributed by atoms with Gasteiger partial charge in [-0.1, -0.05) is 187 Å². The molecule has 0 saturated carbocycles. The normalized spacial score (nSPS) is 14.3. The lowest BCUT2D eigenvalue weighted by atomic mass is 9.66. The van der Waals surface area contributed by atoms with Crippen LogP contribution in [0, 0.1) is 6.92 Å². The topological polar surface area (TPSA) is 34.1 Å². The number of carbonyl (C=O) groups is 2. The number of unbranched alkanes of at least 4 members (excludes halogenated alkanes) is 10. The maximum Gasteiger partial charge on any atom is 0.150 e. The number of carbonyl (C=O) groups excluding carboxylic acids is 2. The largest absolute Gasteiger partial charge is 0.298 e. The average molecular weight is 701 g/mol. The Morgan fingerprint density at radius 3 is 1.49 bits per heavy atom. The molecule has 0 aliphatic heterocycles. The summed E-state index contributed by atoms with van der Waals surface area (Å²) >= 11 is 0. The Balaban J connectivity index is 1.45. The molecule has 2 aliphatic carbocycles. The SMILES string of the molecule is CCCCCCCCC1(CCCCCCCC)c2cc(C)ccc2-c2cc3c(cc21)-c1ccccc1C3(c1ccc(C=O)cc1)c1ccc(C=O)cc1. The molecule has 272 valence electrons. The predicted octanol–water partition coefficient (Wildman–Crippen LogP) is 13.8. The zero-order chi connectivity index (χ0) is 36.8. The Labute approximate surface area is 318 Å². The van der Waals surface area contributed by atoms with Gasteiger partial charge in [0, 0.05) is 16.5 Å². The molecule has 0 bridgehead atoms. The minimum Gasteiger partial charge on any atom is -0.298 e. The number of aryl methyl sites for hydroxylation is 1. The minimum atomic E-state index is -0.613. The monoisotopic (exact) mass is 700 g/mol. The summed E-state index contributed by atoms with van der Waals surface area (Å²) in [4.78, 5) is 23.7. The van der Waals surface area contributed by atoms with Gasteiger partial charge in [0.15, 0.2) is 0 Å². The summed E-state index contributed by atoms with van der Waals surface area (Å²) in [6.45, 7) is 6.86. The van der Waals surface area contributed by atoms with E-state index in [4.69, 9.17) is 0 Å². The zero-order valence-corrected chi connectivity index (χ0v) is 32.2. The Morgan fingerprint density at radius 2 is 0.925 bits per heavy atom. The highest BCUT2D eigenvalue weighted by atomic mass is 16.1. The second kappa shape index (κ2) is 16.2. The van der Waals surface area contributed by atoms with Gasteiger partial charge in [0.1, 0.15) is 12.6 Å². The van der Waals surface area contributed by atoms with Crippen LogP contribution in [-0.4, -0.2) is 12.6 Å². The van der Waals surface area contributed by atoms with E-state index >= 15 is 0 Å². The maximum atomic E-state index is 11.8. The molecule has 0 N–H and O–H groups in total. The fraction of sp³-hybridized carbons (Fsp3) is 0.373. The van der Waals surface area contributed by atoms with Gasteiger partial charge in [0.25, 0.3) is 0 Å². The Bertz CT molecular complexity index is 1980. The van der Waals surface area contributed by atoms with Crippen LogP contribution in [-0.2, 0) is 10.8 Å². The summed E-state index contributed by atoms with van der Waals surface area (Å²) in [6, 6.07) is 37.6. The molecule has 2 aliphatic rings. The summed E-state index contributed by atoms with van der Waals surface area (Å²) < 4.78 is 0. The molecule has 2 heteroatoms. The molecular formula is C51H56O2.